The summed E-state index contributed by atoms with van der Waals surface area (Å²) in [6.45, 7) is 4.51. The van der Waals surface area contributed by atoms with Crippen LogP contribution in [-0.2, 0) is 11.4 Å². The van der Waals surface area contributed by atoms with Crippen molar-refractivity contribution >= 4 is 27.9 Å². The fourth-order valence-corrected chi connectivity index (χ4v) is 2.91. The van der Waals surface area contributed by atoms with Crippen LogP contribution < -0.4 is 15.2 Å². The lowest BCUT2D eigenvalue weighted by Crippen LogP contribution is -2.12. The number of carbonyl (C=O) groups excluding carboxylic acids is 1. The summed E-state index contributed by atoms with van der Waals surface area (Å²) < 4.78 is 12.0. The maximum absolute atomic E-state index is 11.2. The van der Waals surface area contributed by atoms with E-state index < -0.39 is 5.91 Å². The monoisotopic (exact) mass is 414 g/mol. The molecule has 0 aliphatic rings. The molecule has 0 aromatic heterocycles. The highest BCUT2D eigenvalue weighted by Gasteiger charge is 2.13. The molecular formula is C20H19BrN2O3. The molecule has 134 valence electrons. The van der Waals surface area contributed by atoms with Crippen molar-refractivity contribution in [3.63, 3.8) is 0 Å². The number of carbonyl (C=O) groups is 1. The zero-order valence-electron chi connectivity index (χ0n) is 14.8. The average molecular weight is 415 g/mol. The van der Waals surface area contributed by atoms with Crippen molar-refractivity contribution in [3.8, 4) is 17.6 Å². The van der Waals surface area contributed by atoms with Crippen molar-refractivity contribution in [1.82, 2.24) is 0 Å². The Kier molecular flexibility index (Phi) is 6.42. The number of ether oxygens (including phenoxy) is 2. The molecule has 0 aliphatic carbocycles. The predicted octanol–water partition coefficient (Wildman–Crippen LogP) is 4.05. The Morgan fingerprint density at radius 3 is 2.58 bits per heavy atom. The van der Waals surface area contributed by atoms with Crippen LogP contribution in [0, 0.1) is 25.2 Å². The molecule has 2 aromatic rings. The Morgan fingerprint density at radius 1 is 1.27 bits per heavy atom. The largest absolute Gasteiger partial charge is 0.493 e. The quantitative estimate of drug-likeness (QED) is 0.570. The molecule has 0 atom stereocenters. The van der Waals surface area contributed by atoms with Gasteiger partial charge in [0.15, 0.2) is 11.5 Å². The zero-order chi connectivity index (χ0) is 19.3. The summed E-state index contributed by atoms with van der Waals surface area (Å²) in [6.07, 6.45) is 1.41. The maximum Gasteiger partial charge on any atom is 0.259 e. The number of nitrogens with two attached hydrogens (primary N) is 1. The Morgan fingerprint density at radius 2 is 2.00 bits per heavy atom. The van der Waals surface area contributed by atoms with Crippen LogP contribution in [-0.4, -0.2) is 13.0 Å². The molecule has 0 saturated heterocycles. The molecule has 0 spiro atoms. The molecule has 0 saturated carbocycles. The third-order valence-electron chi connectivity index (χ3n) is 3.90. The first-order valence-electron chi connectivity index (χ1n) is 7.83. The van der Waals surface area contributed by atoms with Gasteiger partial charge in [-0.15, -0.1) is 0 Å². The van der Waals surface area contributed by atoms with Gasteiger partial charge in [0, 0.05) is 0 Å². The van der Waals surface area contributed by atoms with Crippen molar-refractivity contribution in [2.75, 3.05) is 7.11 Å². The van der Waals surface area contributed by atoms with Crippen LogP contribution in [0.4, 0.5) is 0 Å². The molecule has 6 heteroatoms. The first kappa shape index (κ1) is 19.5. The number of primary amides is 1. The van der Waals surface area contributed by atoms with Crippen LogP contribution >= 0.6 is 15.9 Å². The molecule has 2 aromatic carbocycles. The second-order valence-corrected chi connectivity index (χ2v) is 6.63. The van der Waals surface area contributed by atoms with Gasteiger partial charge in [-0.3, -0.25) is 4.79 Å². The number of rotatable bonds is 6. The van der Waals surface area contributed by atoms with E-state index in [2.05, 4.69) is 41.9 Å². The maximum atomic E-state index is 11.2. The van der Waals surface area contributed by atoms with Crippen LogP contribution in [0.25, 0.3) is 6.08 Å². The molecule has 0 bridgehead atoms. The number of amides is 1. The Bertz CT molecular complexity index is 914. The van der Waals surface area contributed by atoms with E-state index in [4.69, 9.17) is 20.5 Å². The summed E-state index contributed by atoms with van der Waals surface area (Å²) in [5.41, 5.74) is 9.11. The van der Waals surface area contributed by atoms with Crippen molar-refractivity contribution in [2.24, 2.45) is 5.73 Å². The van der Waals surface area contributed by atoms with Gasteiger partial charge in [0.1, 0.15) is 18.2 Å². The number of nitrogens with zero attached hydrogens (tertiary/aromatic N) is 1. The molecule has 5 nitrogen and oxygen atoms in total. The number of aryl methyl sites for hydroxylation is 2. The lowest BCUT2D eigenvalue weighted by atomic mass is 10.1. The standard InChI is InChI=1S/C20H19BrN2O3/c1-12-4-5-14(6-13(12)2)11-26-19-17(21)8-15(9-18(19)25-3)7-16(10-22)20(23)24/h4-9H,11H2,1-3H3,(H2,23,24)/b16-7+. The Balaban J connectivity index is 2.30. The molecule has 2 rings (SSSR count). The van der Waals surface area contributed by atoms with E-state index in [0.29, 0.717) is 28.1 Å². The minimum absolute atomic E-state index is 0.136. The highest BCUT2D eigenvalue weighted by Crippen LogP contribution is 2.37. The summed E-state index contributed by atoms with van der Waals surface area (Å²) >= 11 is 3.45. The Labute approximate surface area is 161 Å². The third-order valence-corrected chi connectivity index (χ3v) is 4.49. The highest BCUT2D eigenvalue weighted by atomic mass is 79.9. The van der Waals surface area contributed by atoms with Crippen LogP contribution in [0.3, 0.4) is 0 Å². The van der Waals surface area contributed by atoms with Gasteiger partial charge in [-0.05, 0) is 70.2 Å². The molecule has 1 amide bonds. The lowest BCUT2D eigenvalue weighted by Gasteiger charge is -2.14. The van der Waals surface area contributed by atoms with Crippen molar-refractivity contribution in [1.29, 1.82) is 5.26 Å². The van der Waals surface area contributed by atoms with Crippen molar-refractivity contribution < 1.29 is 14.3 Å². The summed E-state index contributed by atoms with van der Waals surface area (Å²) in [5, 5.41) is 8.97. The van der Waals surface area contributed by atoms with E-state index in [9.17, 15) is 4.79 Å². The molecule has 26 heavy (non-hydrogen) atoms. The number of hydrogen-bond acceptors (Lipinski definition) is 4. The molecular weight excluding hydrogens is 396 g/mol. The molecule has 0 aliphatic heterocycles. The average Bonchev–Trinajstić information content (AvgIpc) is 2.60. The van der Waals surface area contributed by atoms with E-state index in [0.717, 1.165) is 5.56 Å². The summed E-state index contributed by atoms with van der Waals surface area (Å²) in [7, 11) is 1.53. The fraction of sp³-hybridized carbons (Fsp3) is 0.200. The summed E-state index contributed by atoms with van der Waals surface area (Å²) in [5.74, 6) is 0.245. The van der Waals surface area contributed by atoms with E-state index >= 15 is 0 Å². The minimum atomic E-state index is -0.780. The molecule has 0 radical (unpaired) electrons. The number of nitriles is 1. The smallest absolute Gasteiger partial charge is 0.259 e. The predicted molar refractivity (Wildman–Crippen MR) is 104 cm³/mol. The number of methoxy groups -OCH3 is 1. The van der Waals surface area contributed by atoms with Gasteiger partial charge in [0.25, 0.3) is 5.91 Å². The first-order chi connectivity index (χ1) is 12.3. The van der Waals surface area contributed by atoms with E-state index in [1.54, 1.807) is 18.2 Å². The van der Waals surface area contributed by atoms with Gasteiger partial charge in [-0.25, -0.2) is 0 Å². The van der Waals surface area contributed by atoms with E-state index in [-0.39, 0.29) is 5.57 Å². The molecule has 0 fully saturated rings. The van der Waals surface area contributed by atoms with Crippen LogP contribution in [0.1, 0.15) is 22.3 Å². The second kappa shape index (κ2) is 8.54. The van der Waals surface area contributed by atoms with Gasteiger partial charge in [-0.2, -0.15) is 5.26 Å². The Hall–Kier alpha value is -2.78. The second-order valence-electron chi connectivity index (χ2n) is 5.78. The number of benzene rings is 2. The van der Waals surface area contributed by atoms with Crippen molar-refractivity contribution in [3.05, 3.63) is 62.6 Å². The van der Waals surface area contributed by atoms with Crippen LogP contribution in [0.15, 0.2) is 40.4 Å². The number of hydrogen-bond donors (Lipinski definition) is 1. The van der Waals surface area contributed by atoms with E-state index in [1.807, 2.05) is 6.07 Å². The van der Waals surface area contributed by atoms with Gasteiger partial charge in [0.05, 0.1) is 11.6 Å². The third kappa shape index (κ3) is 4.64. The highest BCUT2D eigenvalue weighted by molar-refractivity contribution is 9.10. The zero-order valence-corrected chi connectivity index (χ0v) is 16.4. The van der Waals surface area contributed by atoms with Gasteiger partial charge < -0.3 is 15.2 Å². The minimum Gasteiger partial charge on any atom is -0.493 e. The summed E-state index contributed by atoms with van der Waals surface area (Å²) in [6, 6.07) is 11.4. The van der Waals surface area contributed by atoms with Gasteiger partial charge in [-0.1, -0.05) is 18.2 Å². The van der Waals surface area contributed by atoms with Crippen LogP contribution in [0.2, 0.25) is 0 Å². The topological polar surface area (TPSA) is 85.3 Å². The molecule has 0 unspecified atom stereocenters. The lowest BCUT2D eigenvalue weighted by molar-refractivity contribution is -0.114. The van der Waals surface area contributed by atoms with Crippen LogP contribution in [0.5, 0.6) is 11.5 Å². The summed E-state index contributed by atoms with van der Waals surface area (Å²) in [4.78, 5) is 11.2. The molecule has 2 N–H and O–H groups in total. The first-order valence-corrected chi connectivity index (χ1v) is 8.63. The van der Waals surface area contributed by atoms with E-state index in [1.165, 1.54) is 24.3 Å². The molecule has 0 heterocycles. The van der Waals surface area contributed by atoms with Crippen molar-refractivity contribution in [2.45, 2.75) is 20.5 Å². The fourth-order valence-electron chi connectivity index (χ4n) is 2.34. The van der Waals surface area contributed by atoms with Gasteiger partial charge in [0.2, 0.25) is 0 Å². The number of halogens is 1. The SMILES string of the molecule is COc1cc(/C=C(\C#N)C(N)=O)cc(Br)c1OCc1ccc(C)c(C)c1. The van der Waals surface area contributed by atoms with Gasteiger partial charge >= 0.3 is 0 Å². The normalized spacial score (nSPS) is 11.0.